The number of imide groups is 1. The Kier molecular flexibility index (Phi) is 2.91. The number of primary amides is 1. The highest BCUT2D eigenvalue weighted by Crippen LogP contribution is 2.24. The molecule has 0 aliphatic carbocycles. The average Bonchev–Trinajstić information content (AvgIpc) is 2.11. The molecule has 2 fully saturated rings. The molecule has 3 amide bonds. The zero-order chi connectivity index (χ0) is 11.7. The van der Waals surface area contributed by atoms with E-state index in [4.69, 9.17) is 5.73 Å². The zero-order valence-corrected chi connectivity index (χ0v) is 8.94. The first-order valence-electron chi connectivity index (χ1n) is 5.42. The molecule has 0 radical (unpaired) electrons. The Morgan fingerprint density at radius 2 is 2.12 bits per heavy atom. The summed E-state index contributed by atoms with van der Waals surface area (Å²) in [5, 5.41) is 2.32. The molecule has 6 nitrogen and oxygen atoms in total. The Balaban J connectivity index is 1.81. The first kappa shape index (κ1) is 11.1. The molecule has 2 rings (SSSR count). The normalized spacial score (nSPS) is 27.4. The van der Waals surface area contributed by atoms with E-state index in [1.54, 1.807) is 0 Å². The van der Waals surface area contributed by atoms with Crippen molar-refractivity contribution >= 4 is 17.7 Å². The van der Waals surface area contributed by atoms with Crippen LogP contribution in [0.25, 0.3) is 0 Å². The van der Waals surface area contributed by atoms with Crippen LogP contribution < -0.4 is 11.1 Å². The minimum atomic E-state index is -0.298. The lowest BCUT2D eigenvalue weighted by Crippen LogP contribution is -2.60. The molecule has 0 bridgehead atoms. The highest BCUT2D eigenvalue weighted by molar-refractivity contribution is 6.00. The van der Waals surface area contributed by atoms with Crippen molar-refractivity contribution in [2.75, 3.05) is 13.1 Å². The number of hydrogen-bond donors (Lipinski definition) is 2. The molecule has 88 valence electrons. The SMILES string of the molecule is NC(=O)CC1CN(C2CCC(=O)NC2=O)C1. The number of piperidine rings is 1. The molecule has 2 aliphatic rings. The van der Waals surface area contributed by atoms with Crippen LogP contribution in [0.2, 0.25) is 0 Å². The first-order chi connectivity index (χ1) is 7.56. The molecule has 2 saturated heterocycles. The van der Waals surface area contributed by atoms with Crippen molar-refractivity contribution in [3.8, 4) is 0 Å². The van der Waals surface area contributed by atoms with Gasteiger partial charge < -0.3 is 5.73 Å². The van der Waals surface area contributed by atoms with Crippen molar-refractivity contribution in [3.63, 3.8) is 0 Å². The molecule has 6 heteroatoms. The molecule has 1 atom stereocenters. The van der Waals surface area contributed by atoms with Gasteiger partial charge in [-0.2, -0.15) is 0 Å². The van der Waals surface area contributed by atoms with Crippen molar-refractivity contribution in [2.45, 2.75) is 25.3 Å². The monoisotopic (exact) mass is 225 g/mol. The second-order valence-electron chi connectivity index (χ2n) is 4.46. The summed E-state index contributed by atoms with van der Waals surface area (Å²) in [4.78, 5) is 35.1. The van der Waals surface area contributed by atoms with Gasteiger partial charge in [-0.05, 0) is 12.3 Å². The molecular weight excluding hydrogens is 210 g/mol. The lowest BCUT2D eigenvalue weighted by Gasteiger charge is -2.44. The van der Waals surface area contributed by atoms with Crippen LogP contribution in [0.1, 0.15) is 19.3 Å². The number of carbonyl (C=O) groups excluding carboxylic acids is 3. The number of nitrogens with one attached hydrogen (secondary N) is 1. The van der Waals surface area contributed by atoms with E-state index >= 15 is 0 Å². The first-order valence-corrected chi connectivity index (χ1v) is 5.42. The predicted octanol–water partition coefficient (Wildman–Crippen LogP) is -1.40. The van der Waals surface area contributed by atoms with E-state index in [-0.39, 0.29) is 29.7 Å². The van der Waals surface area contributed by atoms with Gasteiger partial charge in [-0.25, -0.2) is 0 Å². The van der Waals surface area contributed by atoms with Gasteiger partial charge in [-0.15, -0.1) is 0 Å². The number of carbonyl (C=O) groups is 3. The molecular formula is C10H15N3O3. The zero-order valence-electron chi connectivity index (χ0n) is 8.94. The molecule has 16 heavy (non-hydrogen) atoms. The smallest absolute Gasteiger partial charge is 0.243 e. The Bertz CT molecular complexity index is 336. The maximum atomic E-state index is 11.5. The van der Waals surface area contributed by atoms with Gasteiger partial charge >= 0.3 is 0 Å². The molecule has 0 aromatic heterocycles. The highest BCUT2D eigenvalue weighted by atomic mass is 16.2. The van der Waals surface area contributed by atoms with E-state index in [0.29, 0.717) is 19.3 Å². The molecule has 2 heterocycles. The van der Waals surface area contributed by atoms with Crippen LogP contribution in [0.3, 0.4) is 0 Å². The van der Waals surface area contributed by atoms with Gasteiger partial charge in [0.1, 0.15) is 0 Å². The molecule has 0 saturated carbocycles. The lowest BCUT2D eigenvalue weighted by atomic mass is 9.91. The lowest BCUT2D eigenvalue weighted by molar-refractivity contribution is -0.140. The van der Waals surface area contributed by atoms with Crippen LogP contribution in [0.4, 0.5) is 0 Å². The van der Waals surface area contributed by atoms with Gasteiger partial charge in [0, 0.05) is 25.9 Å². The summed E-state index contributed by atoms with van der Waals surface area (Å²) in [7, 11) is 0. The highest BCUT2D eigenvalue weighted by Gasteiger charge is 2.38. The molecule has 0 spiro atoms. The summed E-state index contributed by atoms with van der Waals surface area (Å²) in [5.41, 5.74) is 5.09. The summed E-state index contributed by atoms with van der Waals surface area (Å²) in [6.07, 6.45) is 1.35. The number of likely N-dealkylation sites (tertiary alicyclic amines) is 1. The third kappa shape index (κ3) is 2.21. The average molecular weight is 225 g/mol. The van der Waals surface area contributed by atoms with Crippen LogP contribution in [0.5, 0.6) is 0 Å². The number of amides is 3. The minimum Gasteiger partial charge on any atom is -0.370 e. The fourth-order valence-electron chi connectivity index (χ4n) is 2.31. The second kappa shape index (κ2) is 4.21. The van der Waals surface area contributed by atoms with Crippen molar-refractivity contribution in [1.29, 1.82) is 0 Å². The summed E-state index contributed by atoms with van der Waals surface area (Å²) >= 11 is 0. The van der Waals surface area contributed by atoms with Crippen molar-refractivity contribution in [2.24, 2.45) is 11.7 Å². The molecule has 0 aromatic rings. The van der Waals surface area contributed by atoms with E-state index in [9.17, 15) is 14.4 Å². The number of rotatable bonds is 3. The third-order valence-electron chi connectivity index (χ3n) is 3.13. The van der Waals surface area contributed by atoms with Gasteiger partial charge in [-0.3, -0.25) is 24.6 Å². The van der Waals surface area contributed by atoms with E-state index in [2.05, 4.69) is 5.32 Å². The third-order valence-corrected chi connectivity index (χ3v) is 3.13. The van der Waals surface area contributed by atoms with Crippen LogP contribution >= 0.6 is 0 Å². The number of nitrogens with two attached hydrogens (primary N) is 1. The van der Waals surface area contributed by atoms with Gasteiger partial charge in [0.05, 0.1) is 6.04 Å². The van der Waals surface area contributed by atoms with Crippen molar-refractivity contribution in [1.82, 2.24) is 10.2 Å². The summed E-state index contributed by atoms with van der Waals surface area (Å²) < 4.78 is 0. The number of hydrogen-bond acceptors (Lipinski definition) is 4. The largest absolute Gasteiger partial charge is 0.370 e. The van der Waals surface area contributed by atoms with E-state index in [1.807, 2.05) is 4.90 Å². The Morgan fingerprint density at radius 3 is 2.69 bits per heavy atom. The second-order valence-corrected chi connectivity index (χ2v) is 4.46. The predicted molar refractivity (Wildman–Crippen MR) is 55.0 cm³/mol. The minimum absolute atomic E-state index is 0.199. The van der Waals surface area contributed by atoms with Gasteiger partial charge in [0.25, 0.3) is 0 Å². The topological polar surface area (TPSA) is 92.5 Å². The quantitative estimate of drug-likeness (QED) is 0.578. The van der Waals surface area contributed by atoms with E-state index in [1.165, 1.54) is 0 Å². The molecule has 1 unspecified atom stereocenters. The molecule has 0 aromatic carbocycles. The fraction of sp³-hybridized carbons (Fsp3) is 0.700. The maximum Gasteiger partial charge on any atom is 0.243 e. The van der Waals surface area contributed by atoms with Crippen LogP contribution in [-0.2, 0) is 14.4 Å². The summed E-state index contributed by atoms with van der Waals surface area (Å²) in [5.74, 6) is -0.444. The van der Waals surface area contributed by atoms with Crippen molar-refractivity contribution in [3.05, 3.63) is 0 Å². The summed E-state index contributed by atoms with van der Waals surface area (Å²) in [6, 6.07) is -0.207. The van der Waals surface area contributed by atoms with E-state index < -0.39 is 0 Å². The maximum absolute atomic E-state index is 11.5. The van der Waals surface area contributed by atoms with Crippen LogP contribution in [-0.4, -0.2) is 41.8 Å². The Morgan fingerprint density at radius 1 is 1.44 bits per heavy atom. The van der Waals surface area contributed by atoms with Gasteiger partial charge in [-0.1, -0.05) is 0 Å². The van der Waals surface area contributed by atoms with Crippen molar-refractivity contribution < 1.29 is 14.4 Å². The molecule has 2 aliphatic heterocycles. The van der Waals surface area contributed by atoms with Gasteiger partial charge in [0.2, 0.25) is 17.7 Å². The van der Waals surface area contributed by atoms with E-state index in [0.717, 1.165) is 13.1 Å². The Hall–Kier alpha value is -1.43. The molecule has 3 N–H and O–H groups in total. The van der Waals surface area contributed by atoms with Gasteiger partial charge in [0.15, 0.2) is 0 Å². The fourth-order valence-corrected chi connectivity index (χ4v) is 2.31. The number of nitrogens with zero attached hydrogens (tertiary/aromatic N) is 1. The van der Waals surface area contributed by atoms with Crippen LogP contribution in [0, 0.1) is 5.92 Å². The standard InChI is InChI=1S/C10H15N3O3/c11-8(14)3-6-4-13(5-6)7-1-2-9(15)12-10(7)16/h6-7H,1-5H2,(H2,11,14)(H,12,15,16). The summed E-state index contributed by atoms with van der Waals surface area (Å²) in [6.45, 7) is 1.43. The van der Waals surface area contributed by atoms with Crippen LogP contribution in [0.15, 0.2) is 0 Å². The Labute approximate surface area is 93.1 Å².